The molecule has 1 aromatic heterocycles. The first-order valence-electron chi connectivity index (χ1n) is 11.6. The lowest BCUT2D eigenvalue weighted by Crippen LogP contribution is -2.36. The number of amides is 1. The second-order valence-corrected chi connectivity index (χ2v) is 9.65. The van der Waals surface area contributed by atoms with Crippen LogP contribution < -0.4 is 0 Å². The highest BCUT2D eigenvalue weighted by Gasteiger charge is 2.42. The zero-order valence-corrected chi connectivity index (χ0v) is 20.4. The second kappa shape index (κ2) is 10.1. The number of hydrogen-bond acceptors (Lipinski definition) is 2. The Morgan fingerprint density at radius 2 is 1.77 bits per heavy atom. The number of halogens is 4. The molecule has 0 unspecified atom stereocenters. The van der Waals surface area contributed by atoms with Crippen molar-refractivity contribution in [3.05, 3.63) is 82.1 Å². The van der Waals surface area contributed by atoms with Crippen molar-refractivity contribution in [1.82, 2.24) is 9.47 Å². The summed E-state index contributed by atoms with van der Waals surface area (Å²) in [5, 5.41) is 10.7. The molecular weight excluding hydrogens is 477 g/mol. The van der Waals surface area contributed by atoms with E-state index in [0.29, 0.717) is 22.6 Å². The van der Waals surface area contributed by atoms with Crippen molar-refractivity contribution in [2.24, 2.45) is 5.92 Å². The molecule has 8 heteroatoms. The molecule has 0 bridgehead atoms. The van der Waals surface area contributed by atoms with Crippen LogP contribution in [0.4, 0.5) is 13.2 Å². The molecule has 35 heavy (non-hydrogen) atoms. The number of aliphatic hydroxyl groups is 1. The number of nitrogens with zero attached hydrogens (tertiary/aromatic N) is 2. The van der Waals surface area contributed by atoms with Gasteiger partial charge >= 0.3 is 6.18 Å². The van der Waals surface area contributed by atoms with E-state index in [9.17, 15) is 23.1 Å². The van der Waals surface area contributed by atoms with Crippen LogP contribution >= 0.6 is 11.6 Å². The summed E-state index contributed by atoms with van der Waals surface area (Å²) in [5.74, 6) is -0.604. The van der Waals surface area contributed by atoms with Crippen molar-refractivity contribution >= 4 is 17.5 Å². The normalized spacial score (nSPS) is 18.1. The van der Waals surface area contributed by atoms with Crippen LogP contribution in [0.15, 0.2) is 54.6 Å². The zero-order valence-electron chi connectivity index (χ0n) is 19.6. The van der Waals surface area contributed by atoms with Gasteiger partial charge < -0.3 is 14.6 Å². The third-order valence-electron chi connectivity index (χ3n) is 6.77. The van der Waals surface area contributed by atoms with Crippen molar-refractivity contribution < 1.29 is 23.1 Å². The SMILES string of the molecule is Cc1c(-c2ccc(Cl)cc2)c(C(=O)N(C)C[C@H]2CCC[C@H]2O)n(Cc2ccccc2)c1C(F)(F)F. The van der Waals surface area contributed by atoms with Gasteiger partial charge in [-0.15, -0.1) is 0 Å². The third kappa shape index (κ3) is 5.26. The summed E-state index contributed by atoms with van der Waals surface area (Å²) in [6, 6.07) is 15.3. The summed E-state index contributed by atoms with van der Waals surface area (Å²) in [6.07, 6.45) is -2.86. The fourth-order valence-corrected chi connectivity index (χ4v) is 5.20. The molecule has 1 amide bonds. The molecule has 4 nitrogen and oxygen atoms in total. The quantitative estimate of drug-likeness (QED) is 0.421. The average Bonchev–Trinajstić information content (AvgIpc) is 3.34. The van der Waals surface area contributed by atoms with Crippen molar-refractivity contribution in [3.8, 4) is 11.1 Å². The van der Waals surface area contributed by atoms with Crippen LogP contribution in [-0.2, 0) is 12.7 Å². The lowest BCUT2D eigenvalue weighted by atomic mass is 9.99. The molecule has 1 saturated carbocycles. The highest BCUT2D eigenvalue weighted by molar-refractivity contribution is 6.30. The van der Waals surface area contributed by atoms with Gasteiger partial charge in [0.15, 0.2) is 0 Å². The van der Waals surface area contributed by atoms with Crippen LogP contribution in [0.25, 0.3) is 11.1 Å². The van der Waals surface area contributed by atoms with E-state index < -0.39 is 23.9 Å². The number of rotatable bonds is 6. The number of hydrogen-bond donors (Lipinski definition) is 1. The van der Waals surface area contributed by atoms with Crippen molar-refractivity contribution in [3.63, 3.8) is 0 Å². The van der Waals surface area contributed by atoms with Crippen molar-refractivity contribution in [2.45, 2.75) is 45.0 Å². The molecule has 3 aromatic rings. The topological polar surface area (TPSA) is 45.5 Å². The average molecular weight is 505 g/mol. The Morgan fingerprint density at radius 1 is 1.11 bits per heavy atom. The van der Waals surface area contributed by atoms with Crippen LogP contribution in [0.2, 0.25) is 5.02 Å². The number of benzene rings is 2. The fourth-order valence-electron chi connectivity index (χ4n) is 5.07. The summed E-state index contributed by atoms with van der Waals surface area (Å²) in [4.78, 5) is 15.3. The number of alkyl halides is 3. The Hall–Kier alpha value is -2.77. The van der Waals surface area contributed by atoms with E-state index in [-0.39, 0.29) is 35.8 Å². The van der Waals surface area contributed by atoms with E-state index >= 15 is 0 Å². The zero-order chi connectivity index (χ0) is 25.3. The smallest absolute Gasteiger partial charge is 0.393 e. The summed E-state index contributed by atoms with van der Waals surface area (Å²) in [6.45, 7) is 1.58. The molecule has 2 aromatic carbocycles. The number of carbonyl (C=O) groups excluding carboxylic acids is 1. The molecule has 1 N–H and O–H groups in total. The van der Waals surface area contributed by atoms with E-state index in [2.05, 4.69) is 0 Å². The number of aromatic nitrogens is 1. The van der Waals surface area contributed by atoms with E-state index in [1.54, 1.807) is 61.6 Å². The molecule has 0 aliphatic heterocycles. The third-order valence-corrected chi connectivity index (χ3v) is 7.02. The highest BCUT2D eigenvalue weighted by atomic mass is 35.5. The summed E-state index contributed by atoms with van der Waals surface area (Å²) in [7, 11) is 1.58. The van der Waals surface area contributed by atoms with E-state index in [1.165, 1.54) is 11.8 Å². The Kier molecular flexibility index (Phi) is 7.29. The van der Waals surface area contributed by atoms with Crippen LogP contribution in [0, 0.1) is 12.8 Å². The Balaban J connectivity index is 1.89. The first kappa shape index (κ1) is 25.3. The van der Waals surface area contributed by atoms with Gasteiger partial charge in [0.1, 0.15) is 11.4 Å². The summed E-state index contributed by atoms with van der Waals surface area (Å²) in [5.41, 5.74) is 0.516. The molecule has 0 radical (unpaired) electrons. The van der Waals surface area contributed by atoms with Gasteiger partial charge in [0.25, 0.3) is 5.91 Å². The molecule has 0 saturated heterocycles. The second-order valence-electron chi connectivity index (χ2n) is 9.22. The van der Waals surface area contributed by atoms with E-state index in [0.717, 1.165) is 17.4 Å². The van der Waals surface area contributed by atoms with Gasteiger partial charge in [-0.25, -0.2) is 0 Å². The van der Waals surface area contributed by atoms with Crippen LogP contribution in [0.3, 0.4) is 0 Å². The lowest BCUT2D eigenvalue weighted by molar-refractivity contribution is -0.143. The van der Waals surface area contributed by atoms with Gasteiger partial charge in [0.05, 0.1) is 6.10 Å². The van der Waals surface area contributed by atoms with Crippen LogP contribution in [0.1, 0.15) is 46.6 Å². The standard InChI is InChI=1S/C27H28ClF3N2O2/c1-17-23(19-11-13-21(28)14-12-19)24(26(35)32(2)16-20-9-6-10-22(20)34)33(25(17)27(29,30)31)15-18-7-4-3-5-8-18/h3-5,7-8,11-14,20,22,34H,6,9-10,15-16H2,1-2H3/t20-,22-/m1/s1. The Bertz CT molecular complexity index is 1190. The van der Waals surface area contributed by atoms with Crippen LogP contribution in [-0.4, -0.2) is 40.2 Å². The molecule has 2 atom stereocenters. The first-order valence-corrected chi connectivity index (χ1v) is 12.0. The predicted molar refractivity (Wildman–Crippen MR) is 130 cm³/mol. The van der Waals surface area contributed by atoms with Gasteiger partial charge in [-0.2, -0.15) is 13.2 Å². The minimum atomic E-state index is -4.67. The molecule has 1 aliphatic carbocycles. The lowest BCUT2D eigenvalue weighted by Gasteiger charge is -2.25. The molecule has 186 valence electrons. The van der Waals surface area contributed by atoms with Crippen LogP contribution in [0.5, 0.6) is 0 Å². The molecule has 1 heterocycles. The van der Waals surface area contributed by atoms with Gasteiger partial charge in [0, 0.05) is 36.6 Å². The summed E-state index contributed by atoms with van der Waals surface area (Å²) < 4.78 is 44.4. The Morgan fingerprint density at radius 3 is 2.34 bits per heavy atom. The minimum absolute atomic E-state index is 0.00611. The number of aliphatic hydroxyl groups excluding tert-OH is 1. The number of carbonyl (C=O) groups is 1. The monoisotopic (exact) mass is 504 g/mol. The van der Waals surface area contributed by atoms with Crippen molar-refractivity contribution in [2.75, 3.05) is 13.6 Å². The molecule has 1 fully saturated rings. The van der Waals surface area contributed by atoms with E-state index in [4.69, 9.17) is 11.6 Å². The summed E-state index contributed by atoms with van der Waals surface area (Å²) >= 11 is 6.03. The van der Waals surface area contributed by atoms with Crippen molar-refractivity contribution in [1.29, 1.82) is 0 Å². The van der Waals surface area contributed by atoms with Gasteiger partial charge in [-0.05, 0) is 48.6 Å². The first-order chi connectivity index (χ1) is 16.6. The molecule has 1 aliphatic rings. The molecule has 0 spiro atoms. The largest absolute Gasteiger partial charge is 0.431 e. The van der Waals surface area contributed by atoms with Gasteiger partial charge in [-0.1, -0.05) is 60.5 Å². The maximum absolute atomic E-state index is 14.4. The Labute approximate surface area is 207 Å². The fraction of sp³-hybridized carbons (Fsp3) is 0.370. The maximum Gasteiger partial charge on any atom is 0.431 e. The van der Waals surface area contributed by atoms with Gasteiger partial charge in [-0.3, -0.25) is 4.79 Å². The maximum atomic E-state index is 14.4. The molecule has 4 rings (SSSR count). The predicted octanol–water partition coefficient (Wildman–Crippen LogP) is 6.42. The minimum Gasteiger partial charge on any atom is -0.393 e. The van der Waals surface area contributed by atoms with E-state index in [1.807, 2.05) is 0 Å². The van der Waals surface area contributed by atoms with Gasteiger partial charge in [0.2, 0.25) is 0 Å². The molecular formula is C27H28ClF3N2O2. The highest BCUT2D eigenvalue weighted by Crippen LogP contribution is 2.42.